The third kappa shape index (κ3) is 2.80. The summed E-state index contributed by atoms with van der Waals surface area (Å²) >= 11 is 4.37. The van der Waals surface area contributed by atoms with Gasteiger partial charge in [0.15, 0.2) is 5.13 Å². The van der Waals surface area contributed by atoms with Gasteiger partial charge in [0.2, 0.25) is 0 Å². The molecule has 2 rings (SSSR count). The summed E-state index contributed by atoms with van der Waals surface area (Å²) in [4.78, 5) is 14.8. The largest absolute Gasteiger partial charge is 0.494 e. The number of nitrogens with zero attached hydrogens (tertiary/aromatic N) is 1. The zero-order valence-electron chi connectivity index (χ0n) is 9.88. The molecule has 1 aromatic heterocycles. The minimum atomic E-state index is -1.18. The van der Waals surface area contributed by atoms with Crippen LogP contribution in [-0.4, -0.2) is 33.7 Å². The second kappa shape index (κ2) is 5.72. The van der Waals surface area contributed by atoms with Crippen LogP contribution in [0.15, 0.2) is 12.1 Å². The van der Waals surface area contributed by atoms with E-state index < -0.39 is 12.2 Å². The van der Waals surface area contributed by atoms with Crippen molar-refractivity contribution in [3.05, 3.63) is 17.7 Å². The molecule has 6 nitrogen and oxygen atoms in total. The van der Waals surface area contributed by atoms with Crippen LogP contribution in [-0.2, 0) is 0 Å². The molecule has 0 aliphatic heterocycles. The van der Waals surface area contributed by atoms with Gasteiger partial charge in [-0.2, -0.15) is 0 Å². The SMILES string of the molecule is COc1ccc(C(O)CBr)c2sc(NC(=O)O)nc12. The van der Waals surface area contributed by atoms with Gasteiger partial charge in [-0.25, -0.2) is 9.78 Å². The molecule has 0 fully saturated rings. The maximum atomic E-state index is 10.6. The third-order valence-electron chi connectivity index (χ3n) is 2.48. The van der Waals surface area contributed by atoms with Gasteiger partial charge in [0.25, 0.3) is 0 Å². The van der Waals surface area contributed by atoms with Crippen molar-refractivity contribution in [1.29, 1.82) is 0 Å². The molecule has 3 N–H and O–H groups in total. The van der Waals surface area contributed by atoms with E-state index in [0.717, 1.165) is 11.3 Å². The monoisotopic (exact) mass is 346 g/mol. The first-order valence-electron chi connectivity index (χ1n) is 5.28. The van der Waals surface area contributed by atoms with E-state index in [1.807, 2.05) is 0 Å². The molecule has 19 heavy (non-hydrogen) atoms. The molecule has 8 heteroatoms. The summed E-state index contributed by atoms with van der Waals surface area (Å²) in [5, 5.41) is 21.5. The average molecular weight is 347 g/mol. The van der Waals surface area contributed by atoms with Crippen molar-refractivity contribution < 1.29 is 19.7 Å². The van der Waals surface area contributed by atoms with Crippen LogP contribution in [0.5, 0.6) is 5.75 Å². The minimum absolute atomic E-state index is 0.245. The van der Waals surface area contributed by atoms with Gasteiger partial charge >= 0.3 is 6.09 Å². The van der Waals surface area contributed by atoms with Crippen LogP contribution in [0, 0.1) is 0 Å². The Morgan fingerprint density at radius 1 is 1.63 bits per heavy atom. The van der Waals surface area contributed by atoms with Crippen LogP contribution in [0.25, 0.3) is 10.2 Å². The molecule has 1 heterocycles. The summed E-state index contributed by atoms with van der Waals surface area (Å²) in [5.41, 5.74) is 1.22. The number of aliphatic hydroxyl groups is 1. The highest BCUT2D eigenvalue weighted by molar-refractivity contribution is 9.09. The van der Waals surface area contributed by atoms with Gasteiger partial charge in [-0.1, -0.05) is 33.3 Å². The quantitative estimate of drug-likeness (QED) is 0.740. The van der Waals surface area contributed by atoms with Crippen molar-refractivity contribution >= 4 is 48.7 Å². The number of rotatable bonds is 4. The summed E-state index contributed by atoms with van der Waals surface area (Å²) in [7, 11) is 1.51. The number of amides is 1. The second-order valence-corrected chi connectivity index (χ2v) is 5.30. The Bertz CT molecular complexity index is 616. The number of halogens is 1. The Balaban J connectivity index is 2.60. The smallest absolute Gasteiger partial charge is 0.410 e. The minimum Gasteiger partial charge on any atom is -0.494 e. The van der Waals surface area contributed by atoms with Crippen molar-refractivity contribution in [2.75, 3.05) is 17.8 Å². The van der Waals surface area contributed by atoms with Crippen LogP contribution >= 0.6 is 27.3 Å². The molecule has 1 atom stereocenters. The Hall–Kier alpha value is -1.38. The van der Waals surface area contributed by atoms with E-state index in [1.165, 1.54) is 7.11 Å². The van der Waals surface area contributed by atoms with E-state index in [0.29, 0.717) is 26.9 Å². The van der Waals surface area contributed by atoms with Crippen LogP contribution in [0.1, 0.15) is 11.7 Å². The molecule has 0 aliphatic carbocycles. The topological polar surface area (TPSA) is 91.7 Å². The van der Waals surface area contributed by atoms with E-state index in [4.69, 9.17) is 9.84 Å². The van der Waals surface area contributed by atoms with Gasteiger partial charge in [0.05, 0.1) is 17.9 Å². The van der Waals surface area contributed by atoms with Gasteiger partial charge in [-0.3, -0.25) is 5.32 Å². The number of hydrogen-bond donors (Lipinski definition) is 3. The normalized spacial score (nSPS) is 12.4. The summed E-state index contributed by atoms with van der Waals surface area (Å²) < 4.78 is 5.89. The molecule has 0 saturated carbocycles. The Morgan fingerprint density at radius 3 is 2.95 bits per heavy atom. The maximum absolute atomic E-state index is 10.6. The van der Waals surface area contributed by atoms with Crippen molar-refractivity contribution in [2.24, 2.45) is 0 Å². The summed E-state index contributed by atoms with van der Waals surface area (Å²) in [6.45, 7) is 0. The Morgan fingerprint density at radius 2 is 2.37 bits per heavy atom. The summed E-state index contributed by atoms with van der Waals surface area (Å²) in [5.74, 6) is 0.537. The fourth-order valence-electron chi connectivity index (χ4n) is 1.66. The van der Waals surface area contributed by atoms with Gasteiger partial charge in [-0.05, 0) is 6.07 Å². The van der Waals surface area contributed by atoms with Crippen LogP contribution in [0.3, 0.4) is 0 Å². The van der Waals surface area contributed by atoms with E-state index in [1.54, 1.807) is 12.1 Å². The maximum Gasteiger partial charge on any atom is 0.410 e. The van der Waals surface area contributed by atoms with Crippen LogP contribution < -0.4 is 10.1 Å². The molecule has 0 aliphatic rings. The third-order valence-corrected chi connectivity index (χ3v) is 4.11. The lowest BCUT2D eigenvalue weighted by atomic mass is 10.1. The van der Waals surface area contributed by atoms with Crippen molar-refractivity contribution in [1.82, 2.24) is 4.98 Å². The summed E-state index contributed by atoms with van der Waals surface area (Å²) in [6.07, 6.45) is -1.87. The zero-order valence-corrected chi connectivity index (χ0v) is 12.3. The molecule has 1 aromatic carbocycles. The number of carbonyl (C=O) groups is 1. The molecule has 1 unspecified atom stereocenters. The standard InChI is InChI=1S/C11H11BrN2O4S/c1-18-7-3-2-5(6(15)4-12)9-8(7)13-10(19-9)14-11(16)17/h2-3,6,15H,4H2,1H3,(H,13,14)(H,16,17). The number of methoxy groups -OCH3 is 1. The van der Waals surface area contributed by atoms with Crippen molar-refractivity contribution in [2.45, 2.75) is 6.10 Å². The van der Waals surface area contributed by atoms with Crippen molar-refractivity contribution in [3.8, 4) is 5.75 Å². The van der Waals surface area contributed by atoms with Gasteiger partial charge < -0.3 is 14.9 Å². The number of alkyl halides is 1. The number of carboxylic acid groups (broad SMARTS) is 1. The molecule has 0 saturated heterocycles. The fourth-order valence-corrected chi connectivity index (χ4v) is 3.04. The second-order valence-electron chi connectivity index (χ2n) is 3.65. The number of thiazole rings is 1. The molecule has 0 bridgehead atoms. The predicted octanol–water partition coefficient (Wildman–Crippen LogP) is 2.82. The van der Waals surface area contributed by atoms with E-state index in [2.05, 4.69) is 26.2 Å². The average Bonchev–Trinajstić information content (AvgIpc) is 2.78. The van der Waals surface area contributed by atoms with E-state index >= 15 is 0 Å². The number of benzene rings is 1. The molecule has 2 aromatic rings. The number of fused-ring (bicyclic) bond motifs is 1. The molecule has 1 amide bonds. The number of ether oxygens (including phenoxy) is 1. The first kappa shape index (κ1) is 14.0. The van der Waals surface area contributed by atoms with E-state index in [-0.39, 0.29) is 5.13 Å². The lowest BCUT2D eigenvalue weighted by molar-refractivity contribution is 0.207. The lowest BCUT2D eigenvalue weighted by Gasteiger charge is -2.09. The number of anilines is 1. The Labute approximate surface area is 121 Å². The van der Waals surface area contributed by atoms with E-state index in [9.17, 15) is 9.90 Å². The first-order chi connectivity index (χ1) is 9.06. The molecular weight excluding hydrogens is 336 g/mol. The molecule has 0 spiro atoms. The Kier molecular flexibility index (Phi) is 4.23. The molecular formula is C11H11BrN2O4S. The highest BCUT2D eigenvalue weighted by atomic mass is 79.9. The number of hydrogen-bond acceptors (Lipinski definition) is 5. The molecule has 102 valence electrons. The number of aromatic nitrogens is 1. The highest BCUT2D eigenvalue weighted by Gasteiger charge is 2.18. The van der Waals surface area contributed by atoms with Gasteiger partial charge in [0.1, 0.15) is 11.3 Å². The summed E-state index contributed by atoms with van der Waals surface area (Å²) in [6, 6.07) is 3.45. The molecule has 0 radical (unpaired) electrons. The highest BCUT2D eigenvalue weighted by Crippen LogP contribution is 2.37. The fraction of sp³-hybridized carbons (Fsp3) is 0.273. The van der Waals surface area contributed by atoms with Gasteiger partial charge in [0, 0.05) is 10.9 Å². The van der Waals surface area contributed by atoms with Gasteiger partial charge in [-0.15, -0.1) is 0 Å². The van der Waals surface area contributed by atoms with Crippen LogP contribution in [0.2, 0.25) is 0 Å². The number of nitrogens with one attached hydrogen (secondary N) is 1. The number of aliphatic hydroxyl groups excluding tert-OH is 1. The predicted molar refractivity (Wildman–Crippen MR) is 76.6 cm³/mol. The zero-order chi connectivity index (χ0) is 14.0. The van der Waals surface area contributed by atoms with Crippen LogP contribution in [0.4, 0.5) is 9.93 Å². The lowest BCUT2D eigenvalue weighted by Crippen LogP contribution is -2.06. The first-order valence-corrected chi connectivity index (χ1v) is 7.22. The van der Waals surface area contributed by atoms with Crippen molar-refractivity contribution in [3.63, 3.8) is 0 Å².